The maximum absolute atomic E-state index is 12.6. The minimum Gasteiger partial charge on any atom is -0.341 e. The lowest BCUT2D eigenvalue weighted by molar-refractivity contribution is 0.0869. The number of H-pyrrole nitrogens is 1. The first-order chi connectivity index (χ1) is 13.4. The van der Waals surface area contributed by atoms with E-state index in [9.17, 15) is 4.79 Å². The highest BCUT2D eigenvalue weighted by Crippen LogP contribution is 2.35. The molecule has 4 rings (SSSR count). The quantitative estimate of drug-likeness (QED) is 0.603. The van der Waals surface area contributed by atoms with E-state index in [1.165, 1.54) is 4.90 Å². The van der Waals surface area contributed by atoms with Crippen molar-refractivity contribution in [2.24, 2.45) is 0 Å². The van der Waals surface area contributed by atoms with Crippen molar-refractivity contribution in [1.82, 2.24) is 20.4 Å². The number of hydrogen-bond acceptors (Lipinski definition) is 3. The molecule has 3 N–H and O–H groups in total. The average Bonchev–Trinajstić information content (AvgIpc) is 3.21. The van der Waals surface area contributed by atoms with Gasteiger partial charge in [0.25, 0.3) is 5.91 Å². The summed E-state index contributed by atoms with van der Waals surface area (Å²) in [5, 5.41) is 18.5. The van der Waals surface area contributed by atoms with Crippen molar-refractivity contribution in [3.8, 4) is 11.1 Å². The summed E-state index contributed by atoms with van der Waals surface area (Å²) in [6.07, 6.45) is 1.57. The van der Waals surface area contributed by atoms with Crippen LogP contribution in [0.25, 0.3) is 16.0 Å². The van der Waals surface area contributed by atoms with E-state index in [0.717, 1.165) is 16.7 Å². The van der Waals surface area contributed by atoms with Crippen LogP contribution in [-0.2, 0) is 5.54 Å². The summed E-state index contributed by atoms with van der Waals surface area (Å²) in [6, 6.07) is 15.3. The van der Waals surface area contributed by atoms with Crippen LogP contribution in [0.2, 0.25) is 0 Å². The molecule has 28 heavy (non-hydrogen) atoms. The Morgan fingerprint density at radius 1 is 1.18 bits per heavy atom. The Kier molecular flexibility index (Phi) is 3.97. The predicted octanol–water partition coefficient (Wildman–Crippen LogP) is 3.50. The largest absolute Gasteiger partial charge is 0.341 e. The van der Waals surface area contributed by atoms with Crippen LogP contribution in [0.3, 0.4) is 0 Å². The molecule has 1 aliphatic heterocycles. The zero-order valence-corrected chi connectivity index (χ0v) is 15.4. The van der Waals surface area contributed by atoms with E-state index in [4.69, 9.17) is 12.0 Å². The lowest BCUT2D eigenvalue weighted by Gasteiger charge is -2.30. The summed E-state index contributed by atoms with van der Waals surface area (Å²) < 4.78 is 0. The third kappa shape index (κ3) is 2.63. The van der Waals surface area contributed by atoms with E-state index < -0.39 is 5.54 Å². The first-order valence-corrected chi connectivity index (χ1v) is 8.71. The average molecular weight is 370 g/mol. The summed E-state index contributed by atoms with van der Waals surface area (Å²) in [5.41, 5.74) is 3.40. The summed E-state index contributed by atoms with van der Waals surface area (Å²) in [5.74, 6) is -0.281. The Morgan fingerprint density at radius 2 is 1.89 bits per heavy atom. The maximum atomic E-state index is 12.6. The number of guanidine groups is 1. The number of nitrogens with zero attached hydrogens (tertiary/aromatic N) is 3. The molecule has 2 heterocycles. The third-order valence-electron chi connectivity index (χ3n) is 5.10. The van der Waals surface area contributed by atoms with Gasteiger partial charge in [-0.15, -0.1) is 0 Å². The van der Waals surface area contributed by atoms with Gasteiger partial charge < -0.3 is 5.32 Å². The van der Waals surface area contributed by atoms with Crippen molar-refractivity contribution >= 4 is 17.6 Å². The van der Waals surface area contributed by atoms with Gasteiger partial charge in [0.05, 0.1) is 12.1 Å². The fourth-order valence-electron chi connectivity index (χ4n) is 3.47. The Bertz CT molecular complexity index is 1140. The summed E-state index contributed by atoms with van der Waals surface area (Å²) >= 11 is 0. The van der Waals surface area contributed by atoms with Crippen LogP contribution in [0.4, 0.5) is 5.69 Å². The normalized spacial score (nSPS) is 18.8. The molecule has 0 radical (unpaired) electrons. The van der Waals surface area contributed by atoms with Gasteiger partial charge in [-0.3, -0.25) is 20.2 Å². The van der Waals surface area contributed by atoms with E-state index in [2.05, 4.69) is 20.4 Å². The topological polar surface area (TPSA) is 89.2 Å². The molecule has 1 amide bonds. The zero-order chi connectivity index (χ0) is 19.9. The van der Waals surface area contributed by atoms with Gasteiger partial charge in [-0.05, 0) is 35.7 Å². The van der Waals surface area contributed by atoms with Crippen LogP contribution >= 0.6 is 0 Å². The van der Waals surface area contributed by atoms with Gasteiger partial charge in [0.15, 0.2) is 11.6 Å². The second kappa shape index (κ2) is 6.35. The van der Waals surface area contributed by atoms with Gasteiger partial charge in [0.2, 0.25) is 0 Å². The van der Waals surface area contributed by atoms with Gasteiger partial charge in [-0.1, -0.05) is 36.4 Å². The molecule has 2 aromatic carbocycles. The van der Waals surface area contributed by atoms with Gasteiger partial charge in [0, 0.05) is 13.2 Å². The summed E-state index contributed by atoms with van der Waals surface area (Å²) in [6.45, 7) is 9.13. The molecule has 0 bridgehead atoms. The Hall–Kier alpha value is -3.92. The first-order valence-electron chi connectivity index (χ1n) is 8.71. The zero-order valence-electron chi connectivity index (χ0n) is 15.4. The molecule has 0 spiro atoms. The van der Waals surface area contributed by atoms with Crippen molar-refractivity contribution in [3.05, 3.63) is 83.0 Å². The molecule has 1 aliphatic rings. The molecule has 138 valence electrons. The van der Waals surface area contributed by atoms with E-state index >= 15 is 0 Å². The van der Waals surface area contributed by atoms with E-state index in [1.807, 2.05) is 49.4 Å². The molecule has 1 atom stereocenters. The number of aromatic nitrogens is 2. The van der Waals surface area contributed by atoms with Crippen LogP contribution in [0.15, 0.2) is 54.7 Å². The van der Waals surface area contributed by atoms with Crippen LogP contribution < -0.4 is 5.32 Å². The van der Waals surface area contributed by atoms with Crippen molar-refractivity contribution in [1.29, 1.82) is 5.41 Å². The smallest absolute Gasteiger partial charge is 0.263 e. The Morgan fingerprint density at radius 3 is 2.64 bits per heavy atom. The lowest BCUT2D eigenvalue weighted by Crippen LogP contribution is -2.48. The molecule has 1 unspecified atom stereocenters. The van der Waals surface area contributed by atoms with Crippen molar-refractivity contribution in [2.45, 2.75) is 12.5 Å². The summed E-state index contributed by atoms with van der Waals surface area (Å²) in [7, 11) is 1.56. The van der Waals surface area contributed by atoms with Crippen molar-refractivity contribution < 1.29 is 4.79 Å². The minimum atomic E-state index is -0.875. The molecule has 1 aromatic heterocycles. The predicted molar refractivity (Wildman–Crippen MR) is 106 cm³/mol. The number of fused-ring (bicyclic) bond motifs is 1. The van der Waals surface area contributed by atoms with Crippen molar-refractivity contribution in [2.75, 3.05) is 7.05 Å². The molecule has 3 aromatic rings. The number of rotatable bonds is 2. The molecule has 0 saturated heterocycles. The maximum Gasteiger partial charge on any atom is 0.263 e. The molecule has 0 fully saturated rings. The second-order valence-electron chi connectivity index (χ2n) is 6.85. The Labute approximate surface area is 162 Å². The molecule has 7 heteroatoms. The number of amides is 1. The minimum absolute atomic E-state index is 0.00547. The number of aromatic amines is 1. The summed E-state index contributed by atoms with van der Waals surface area (Å²) in [4.78, 5) is 17.4. The highest BCUT2D eigenvalue weighted by Gasteiger charge is 2.41. The van der Waals surface area contributed by atoms with Gasteiger partial charge >= 0.3 is 0 Å². The van der Waals surface area contributed by atoms with E-state index in [-0.39, 0.29) is 11.9 Å². The van der Waals surface area contributed by atoms with E-state index in [1.54, 1.807) is 19.3 Å². The molecule has 0 saturated carbocycles. The van der Waals surface area contributed by atoms with Crippen LogP contribution in [0.5, 0.6) is 0 Å². The lowest BCUT2D eigenvalue weighted by atomic mass is 9.85. The number of carbonyl (C=O) groups excluding carboxylic acids is 1. The monoisotopic (exact) mass is 370 g/mol. The fraction of sp³-hybridized carbons (Fsp3) is 0.143. The van der Waals surface area contributed by atoms with E-state index in [0.29, 0.717) is 16.9 Å². The third-order valence-corrected chi connectivity index (χ3v) is 5.10. The van der Waals surface area contributed by atoms with Crippen molar-refractivity contribution in [3.63, 3.8) is 0 Å². The van der Waals surface area contributed by atoms with Crippen LogP contribution in [0.1, 0.15) is 28.5 Å². The number of carbonyl (C=O) groups is 1. The Balaban J connectivity index is 1.87. The molecule has 0 aliphatic carbocycles. The number of hydrogen-bond donors (Lipinski definition) is 3. The highest BCUT2D eigenvalue weighted by atomic mass is 16.2. The molecular weight excluding hydrogens is 352 g/mol. The van der Waals surface area contributed by atoms with Gasteiger partial charge in [-0.25, -0.2) is 4.85 Å². The highest BCUT2D eigenvalue weighted by molar-refractivity contribution is 6.07. The van der Waals surface area contributed by atoms with Crippen LogP contribution in [0, 0.1) is 12.0 Å². The first kappa shape index (κ1) is 17.5. The molecule has 7 nitrogen and oxygen atoms in total. The standard InChI is InChI=1S/C21H18N6O/c1-21(18-17(12-24-26-18)19(28)27(3)20(22)25-21)15-8-4-6-13(10-15)14-7-5-9-16(11-14)23-2/h4-12H,1,3H3,(H2,22,25)(H,24,26). The van der Waals surface area contributed by atoms with Crippen LogP contribution in [-0.4, -0.2) is 34.0 Å². The SMILES string of the molecule is [C-]#[N+]c1cccc(-c2cccc(C3(C)NC(=N)N(C)C(=O)c4c[nH]nc43)c2)c1. The molecular formula is C21H18N6O. The fourth-order valence-corrected chi connectivity index (χ4v) is 3.47. The number of benzene rings is 2. The van der Waals surface area contributed by atoms with Gasteiger partial charge in [0.1, 0.15) is 11.2 Å². The number of nitrogens with one attached hydrogen (secondary N) is 3. The second-order valence-corrected chi connectivity index (χ2v) is 6.85. The van der Waals surface area contributed by atoms with Gasteiger partial charge in [-0.2, -0.15) is 5.10 Å².